The second kappa shape index (κ2) is 6.97. The molecule has 0 bridgehead atoms. The Balaban J connectivity index is 2.11. The summed E-state index contributed by atoms with van der Waals surface area (Å²) in [6.45, 7) is 0. The highest BCUT2D eigenvalue weighted by Gasteiger charge is 2.14. The molecule has 0 fully saturated rings. The van der Waals surface area contributed by atoms with Crippen LogP contribution in [0.2, 0.25) is 5.02 Å². The average molecular weight is 312 g/mol. The van der Waals surface area contributed by atoms with Crippen LogP contribution >= 0.6 is 23.4 Å². The molecule has 0 heterocycles. The lowest BCUT2D eigenvalue weighted by molar-refractivity contribution is 0.407. The molecule has 0 aliphatic heterocycles. The van der Waals surface area contributed by atoms with Crippen LogP contribution in [0.3, 0.4) is 0 Å². The maximum atomic E-state index is 13.5. The van der Waals surface area contributed by atoms with Crippen LogP contribution in [0, 0.1) is 5.82 Å². The lowest BCUT2D eigenvalue weighted by Crippen LogP contribution is -2.14. The van der Waals surface area contributed by atoms with Crippen LogP contribution in [0.1, 0.15) is 11.6 Å². The predicted molar refractivity (Wildman–Crippen MR) is 82.1 cm³/mol. The highest BCUT2D eigenvalue weighted by Crippen LogP contribution is 2.31. The van der Waals surface area contributed by atoms with E-state index < -0.39 is 0 Å². The molecule has 2 nitrogen and oxygen atoms in total. The molecule has 0 radical (unpaired) electrons. The van der Waals surface area contributed by atoms with Gasteiger partial charge in [-0.25, -0.2) is 4.39 Å². The first kappa shape index (κ1) is 15.2. The quantitative estimate of drug-likeness (QED) is 0.837. The molecule has 0 spiro atoms. The smallest absolute Gasteiger partial charge is 0.136 e. The van der Waals surface area contributed by atoms with Gasteiger partial charge < -0.3 is 10.5 Å². The molecule has 2 N–H and O–H groups in total. The summed E-state index contributed by atoms with van der Waals surface area (Å²) in [6.07, 6.45) is 0. The Morgan fingerprint density at radius 1 is 1.30 bits per heavy atom. The fourth-order valence-corrected chi connectivity index (χ4v) is 2.93. The minimum atomic E-state index is -0.284. The second-order valence-electron chi connectivity index (χ2n) is 4.23. The fourth-order valence-electron chi connectivity index (χ4n) is 1.83. The highest BCUT2D eigenvalue weighted by molar-refractivity contribution is 7.99. The minimum Gasteiger partial charge on any atom is -0.496 e. The summed E-state index contributed by atoms with van der Waals surface area (Å²) in [4.78, 5) is 0.587. The zero-order valence-corrected chi connectivity index (χ0v) is 12.5. The van der Waals surface area contributed by atoms with Crippen molar-refractivity contribution in [2.75, 3.05) is 12.9 Å². The molecule has 106 valence electrons. The van der Waals surface area contributed by atoms with E-state index in [-0.39, 0.29) is 11.9 Å². The molecule has 0 aliphatic carbocycles. The first-order valence-corrected chi connectivity index (χ1v) is 7.44. The van der Waals surface area contributed by atoms with Crippen LogP contribution < -0.4 is 10.5 Å². The van der Waals surface area contributed by atoms with E-state index in [1.165, 1.54) is 17.8 Å². The van der Waals surface area contributed by atoms with Gasteiger partial charge in [-0.1, -0.05) is 23.7 Å². The summed E-state index contributed by atoms with van der Waals surface area (Å²) >= 11 is 7.36. The summed E-state index contributed by atoms with van der Waals surface area (Å²) in [7, 11) is 1.59. The fraction of sp³-hybridized carbons (Fsp3) is 0.200. The molecule has 5 heteroatoms. The van der Waals surface area contributed by atoms with Crippen molar-refractivity contribution in [3.8, 4) is 5.75 Å². The standard InChI is InChI=1S/C15H15ClFNOS/c1-19-14-7-6-10(16)8-11(14)13(18)9-20-15-5-3-2-4-12(15)17/h2-8,13H,9,18H2,1H3. The van der Waals surface area contributed by atoms with Crippen molar-refractivity contribution in [2.45, 2.75) is 10.9 Å². The van der Waals surface area contributed by atoms with Crippen molar-refractivity contribution in [1.82, 2.24) is 0 Å². The molecule has 1 atom stereocenters. The Bertz CT molecular complexity index is 594. The molecule has 0 saturated carbocycles. The zero-order valence-electron chi connectivity index (χ0n) is 11.0. The van der Waals surface area contributed by atoms with Gasteiger partial charge in [0.25, 0.3) is 0 Å². The van der Waals surface area contributed by atoms with Gasteiger partial charge in [0.05, 0.1) is 7.11 Å². The van der Waals surface area contributed by atoms with E-state index in [0.717, 1.165) is 5.56 Å². The first-order valence-electron chi connectivity index (χ1n) is 6.08. The first-order chi connectivity index (χ1) is 9.61. The SMILES string of the molecule is COc1ccc(Cl)cc1C(N)CSc1ccccc1F. The Hall–Kier alpha value is -1.23. The Kier molecular flexibility index (Phi) is 5.29. The van der Waals surface area contributed by atoms with Crippen molar-refractivity contribution < 1.29 is 9.13 Å². The number of methoxy groups -OCH3 is 1. The number of nitrogens with two attached hydrogens (primary N) is 1. The summed E-state index contributed by atoms with van der Waals surface area (Å²) < 4.78 is 18.8. The lowest BCUT2D eigenvalue weighted by Gasteiger charge is -2.16. The van der Waals surface area contributed by atoms with Gasteiger partial charge in [-0.05, 0) is 30.3 Å². The van der Waals surface area contributed by atoms with Gasteiger partial charge in [0.2, 0.25) is 0 Å². The van der Waals surface area contributed by atoms with Crippen LogP contribution in [0.25, 0.3) is 0 Å². The third-order valence-electron chi connectivity index (χ3n) is 2.85. The van der Waals surface area contributed by atoms with Gasteiger partial charge in [-0.2, -0.15) is 0 Å². The number of thioether (sulfide) groups is 1. The third-order valence-corrected chi connectivity index (χ3v) is 4.25. The van der Waals surface area contributed by atoms with Crippen LogP contribution in [0.5, 0.6) is 5.75 Å². The summed E-state index contributed by atoms with van der Waals surface area (Å²) in [6, 6.07) is 11.7. The summed E-state index contributed by atoms with van der Waals surface area (Å²) in [5.41, 5.74) is 6.98. The van der Waals surface area contributed by atoms with Gasteiger partial charge in [0.15, 0.2) is 0 Å². The van der Waals surface area contributed by atoms with E-state index in [0.29, 0.717) is 21.4 Å². The second-order valence-corrected chi connectivity index (χ2v) is 5.73. The predicted octanol–water partition coefficient (Wildman–Crippen LogP) is 4.28. The van der Waals surface area contributed by atoms with E-state index in [9.17, 15) is 4.39 Å². The maximum Gasteiger partial charge on any atom is 0.136 e. The number of rotatable bonds is 5. The van der Waals surface area contributed by atoms with Crippen molar-refractivity contribution in [3.05, 3.63) is 58.9 Å². The molecule has 0 saturated heterocycles. The number of hydrogen-bond acceptors (Lipinski definition) is 3. The van der Waals surface area contributed by atoms with Crippen LogP contribution in [-0.2, 0) is 0 Å². The Morgan fingerprint density at radius 3 is 2.75 bits per heavy atom. The normalized spacial score (nSPS) is 12.2. The number of benzene rings is 2. The zero-order chi connectivity index (χ0) is 14.5. The van der Waals surface area contributed by atoms with E-state index in [4.69, 9.17) is 22.1 Å². The van der Waals surface area contributed by atoms with Crippen LogP contribution in [-0.4, -0.2) is 12.9 Å². The van der Waals surface area contributed by atoms with Crippen molar-refractivity contribution in [1.29, 1.82) is 0 Å². The van der Waals surface area contributed by atoms with Crippen LogP contribution in [0.4, 0.5) is 4.39 Å². The monoisotopic (exact) mass is 311 g/mol. The Morgan fingerprint density at radius 2 is 2.05 bits per heavy atom. The average Bonchev–Trinajstić information content (AvgIpc) is 2.46. The molecule has 2 aromatic rings. The largest absolute Gasteiger partial charge is 0.496 e. The third kappa shape index (κ3) is 3.66. The summed E-state index contributed by atoms with van der Waals surface area (Å²) in [5.74, 6) is 0.997. The molecule has 0 amide bonds. The van der Waals surface area contributed by atoms with Gasteiger partial charge in [-0.3, -0.25) is 0 Å². The van der Waals surface area contributed by atoms with Gasteiger partial charge in [0.1, 0.15) is 11.6 Å². The van der Waals surface area contributed by atoms with E-state index in [2.05, 4.69) is 0 Å². The molecular formula is C15H15ClFNOS. The van der Waals surface area contributed by atoms with E-state index >= 15 is 0 Å². The number of ether oxygens (including phenoxy) is 1. The molecule has 2 aromatic carbocycles. The van der Waals surface area contributed by atoms with Crippen molar-refractivity contribution in [2.24, 2.45) is 5.73 Å². The van der Waals surface area contributed by atoms with Crippen LogP contribution in [0.15, 0.2) is 47.4 Å². The molecule has 1 unspecified atom stereocenters. The van der Waals surface area contributed by atoms with Gasteiger partial charge in [0, 0.05) is 27.3 Å². The maximum absolute atomic E-state index is 13.5. The van der Waals surface area contributed by atoms with Gasteiger partial charge >= 0.3 is 0 Å². The number of halogens is 2. The minimum absolute atomic E-state index is 0.234. The lowest BCUT2D eigenvalue weighted by atomic mass is 10.1. The Labute approximate surface area is 127 Å². The molecule has 0 aliphatic rings. The number of hydrogen-bond donors (Lipinski definition) is 1. The molecular weight excluding hydrogens is 297 g/mol. The summed E-state index contributed by atoms with van der Waals surface area (Å²) in [5, 5.41) is 0.604. The van der Waals surface area contributed by atoms with Crippen molar-refractivity contribution in [3.63, 3.8) is 0 Å². The van der Waals surface area contributed by atoms with Gasteiger partial charge in [-0.15, -0.1) is 11.8 Å². The van der Waals surface area contributed by atoms with E-state index in [1.807, 2.05) is 0 Å². The highest BCUT2D eigenvalue weighted by atomic mass is 35.5. The molecule has 0 aromatic heterocycles. The molecule has 2 rings (SSSR count). The molecule has 20 heavy (non-hydrogen) atoms. The van der Waals surface area contributed by atoms with Crippen molar-refractivity contribution >= 4 is 23.4 Å². The topological polar surface area (TPSA) is 35.2 Å². The van der Waals surface area contributed by atoms with E-state index in [1.54, 1.807) is 43.5 Å².